The van der Waals surface area contributed by atoms with Crippen LogP contribution in [0.4, 0.5) is 10.5 Å². The van der Waals surface area contributed by atoms with E-state index in [0.717, 1.165) is 25.0 Å². The lowest BCUT2D eigenvalue weighted by molar-refractivity contribution is 0.0680. The molecule has 0 saturated carbocycles. The second-order valence-electron chi connectivity index (χ2n) is 5.41. The molecule has 3 rings (SSSR count). The van der Waals surface area contributed by atoms with E-state index in [-0.39, 0.29) is 12.1 Å². The summed E-state index contributed by atoms with van der Waals surface area (Å²) in [6, 6.07) is 8.85. The Kier molecular flexibility index (Phi) is 5.16. The molecule has 2 amide bonds. The van der Waals surface area contributed by atoms with E-state index >= 15 is 0 Å². The van der Waals surface area contributed by atoms with Gasteiger partial charge in [0.1, 0.15) is 12.4 Å². The highest BCUT2D eigenvalue weighted by Gasteiger charge is 2.16. The third kappa shape index (κ3) is 4.75. The van der Waals surface area contributed by atoms with Gasteiger partial charge in [-0.15, -0.1) is 0 Å². The van der Waals surface area contributed by atoms with E-state index in [1.54, 1.807) is 24.7 Å². The van der Waals surface area contributed by atoms with Gasteiger partial charge in [0.2, 0.25) is 0 Å². The minimum Gasteiger partial charge on any atom is -0.491 e. The van der Waals surface area contributed by atoms with Gasteiger partial charge in [-0.2, -0.15) is 0 Å². The van der Waals surface area contributed by atoms with Gasteiger partial charge < -0.3 is 24.5 Å². The van der Waals surface area contributed by atoms with Crippen molar-refractivity contribution in [1.29, 1.82) is 0 Å². The van der Waals surface area contributed by atoms with Crippen LogP contribution in [0.25, 0.3) is 0 Å². The van der Waals surface area contributed by atoms with E-state index in [2.05, 4.69) is 10.6 Å². The fraction of sp³-hybridized carbons (Fsp3) is 0.353. The Morgan fingerprint density at radius 1 is 1.35 bits per heavy atom. The Hall–Kier alpha value is -2.47. The molecule has 1 saturated heterocycles. The van der Waals surface area contributed by atoms with E-state index in [0.29, 0.717) is 24.6 Å². The van der Waals surface area contributed by atoms with Crippen molar-refractivity contribution in [3.8, 4) is 5.75 Å². The van der Waals surface area contributed by atoms with Crippen LogP contribution in [-0.2, 0) is 11.3 Å². The van der Waals surface area contributed by atoms with E-state index in [4.69, 9.17) is 13.9 Å². The van der Waals surface area contributed by atoms with Crippen LogP contribution in [0.5, 0.6) is 5.75 Å². The van der Waals surface area contributed by atoms with Gasteiger partial charge in [0.15, 0.2) is 0 Å². The average molecular weight is 316 g/mol. The quantitative estimate of drug-likeness (QED) is 0.858. The molecule has 1 aliphatic rings. The summed E-state index contributed by atoms with van der Waals surface area (Å²) >= 11 is 0. The van der Waals surface area contributed by atoms with Crippen LogP contribution in [0.15, 0.2) is 47.3 Å². The zero-order chi connectivity index (χ0) is 15.9. The zero-order valence-electron chi connectivity index (χ0n) is 12.8. The minimum absolute atomic E-state index is 0.171. The molecule has 1 aliphatic heterocycles. The van der Waals surface area contributed by atoms with Gasteiger partial charge in [-0.1, -0.05) is 6.07 Å². The second kappa shape index (κ2) is 7.69. The molecule has 1 aromatic heterocycles. The van der Waals surface area contributed by atoms with Crippen molar-refractivity contribution in [1.82, 2.24) is 5.32 Å². The van der Waals surface area contributed by atoms with Crippen molar-refractivity contribution in [3.63, 3.8) is 0 Å². The molecule has 2 aromatic rings. The summed E-state index contributed by atoms with van der Waals surface area (Å²) in [5.74, 6) is 0.716. The van der Waals surface area contributed by atoms with Gasteiger partial charge in [-0.05, 0) is 31.0 Å². The number of hydrogen-bond acceptors (Lipinski definition) is 4. The van der Waals surface area contributed by atoms with E-state index in [1.165, 1.54) is 0 Å². The molecule has 122 valence electrons. The third-order valence-electron chi connectivity index (χ3n) is 3.58. The molecule has 0 bridgehead atoms. The highest BCUT2D eigenvalue weighted by molar-refractivity contribution is 5.89. The number of benzene rings is 1. The molecular formula is C17H20N2O4. The maximum absolute atomic E-state index is 11.9. The predicted molar refractivity (Wildman–Crippen MR) is 85.5 cm³/mol. The van der Waals surface area contributed by atoms with E-state index < -0.39 is 0 Å². The number of nitrogens with one attached hydrogen (secondary N) is 2. The highest BCUT2D eigenvalue weighted by atomic mass is 16.5. The smallest absolute Gasteiger partial charge is 0.319 e. The van der Waals surface area contributed by atoms with Crippen LogP contribution >= 0.6 is 0 Å². The molecule has 2 heterocycles. The SMILES string of the molecule is O=C(NCc1ccoc1)Nc1cccc(OCC2CCCO2)c1. The van der Waals surface area contributed by atoms with Gasteiger partial charge >= 0.3 is 6.03 Å². The average Bonchev–Trinajstić information content (AvgIpc) is 3.25. The molecule has 1 atom stereocenters. The highest BCUT2D eigenvalue weighted by Crippen LogP contribution is 2.19. The second-order valence-corrected chi connectivity index (χ2v) is 5.41. The largest absolute Gasteiger partial charge is 0.491 e. The zero-order valence-corrected chi connectivity index (χ0v) is 12.8. The summed E-state index contributed by atoms with van der Waals surface area (Å²) in [5, 5.41) is 5.54. The van der Waals surface area contributed by atoms with Gasteiger partial charge in [0, 0.05) is 30.5 Å². The molecule has 2 N–H and O–H groups in total. The minimum atomic E-state index is -0.275. The van der Waals surface area contributed by atoms with E-state index in [1.807, 2.05) is 18.2 Å². The summed E-state index contributed by atoms with van der Waals surface area (Å²) in [6.07, 6.45) is 5.47. The summed E-state index contributed by atoms with van der Waals surface area (Å²) < 4.78 is 16.2. The number of urea groups is 1. The van der Waals surface area contributed by atoms with Gasteiger partial charge in [-0.25, -0.2) is 4.79 Å². The summed E-state index contributed by atoms with van der Waals surface area (Å²) in [6.45, 7) is 1.76. The van der Waals surface area contributed by atoms with Crippen LogP contribution in [0.1, 0.15) is 18.4 Å². The molecule has 0 radical (unpaired) electrons. The Bertz CT molecular complexity index is 621. The lowest BCUT2D eigenvalue weighted by atomic mass is 10.2. The maximum atomic E-state index is 11.9. The molecule has 0 spiro atoms. The summed E-state index contributed by atoms with van der Waals surface area (Å²) in [7, 11) is 0. The van der Waals surface area contributed by atoms with Crippen LogP contribution in [0.3, 0.4) is 0 Å². The van der Waals surface area contributed by atoms with Crippen molar-refractivity contribution in [2.75, 3.05) is 18.5 Å². The number of furan rings is 1. The number of rotatable bonds is 6. The van der Waals surface area contributed by atoms with Crippen molar-refractivity contribution >= 4 is 11.7 Å². The Labute approximate surface area is 134 Å². The van der Waals surface area contributed by atoms with Crippen molar-refractivity contribution in [2.24, 2.45) is 0 Å². The first-order chi connectivity index (χ1) is 11.3. The fourth-order valence-corrected chi connectivity index (χ4v) is 2.38. The first-order valence-electron chi connectivity index (χ1n) is 7.70. The van der Waals surface area contributed by atoms with Crippen molar-refractivity contribution in [3.05, 3.63) is 48.4 Å². The molecule has 1 unspecified atom stereocenters. The number of carbonyl (C=O) groups is 1. The Morgan fingerprint density at radius 3 is 3.09 bits per heavy atom. The van der Waals surface area contributed by atoms with Gasteiger partial charge in [0.25, 0.3) is 0 Å². The standard InChI is InChI=1S/C17H20N2O4/c20-17(18-10-13-6-8-21-11-13)19-14-3-1-4-15(9-14)23-12-16-5-2-7-22-16/h1,3-4,6,8-9,11,16H,2,5,7,10,12H2,(H2,18,19,20). The summed E-state index contributed by atoms with van der Waals surface area (Å²) in [5.41, 5.74) is 1.59. The van der Waals surface area contributed by atoms with Gasteiger partial charge in [-0.3, -0.25) is 0 Å². The number of ether oxygens (including phenoxy) is 2. The van der Waals surface area contributed by atoms with Crippen LogP contribution in [0, 0.1) is 0 Å². The number of hydrogen-bond donors (Lipinski definition) is 2. The first kappa shape index (κ1) is 15.4. The van der Waals surface area contributed by atoms with Crippen molar-refractivity contribution in [2.45, 2.75) is 25.5 Å². The predicted octanol–water partition coefficient (Wildman–Crippen LogP) is 3.16. The maximum Gasteiger partial charge on any atom is 0.319 e. The normalized spacial score (nSPS) is 17.0. The van der Waals surface area contributed by atoms with Gasteiger partial charge in [0.05, 0.1) is 18.6 Å². The monoisotopic (exact) mass is 316 g/mol. The first-order valence-corrected chi connectivity index (χ1v) is 7.70. The topological polar surface area (TPSA) is 72.7 Å². The fourth-order valence-electron chi connectivity index (χ4n) is 2.38. The lowest BCUT2D eigenvalue weighted by Crippen LogP contribution is -2.28. The molecule has 1 fully saturated rings. The van der Waals surface area contributed by atoms with Crippen LogP contribution < -0.4 is 15.4 Å². The molecule has 6 heteroatoms. The number of carbonyl (C=O) groups excluding carboxylic acids is 1. The van der Waals surface area contributed by atoms with Crippen LogP contribution in [-0.4, -0.2) is 25.3 Å². The molecule has 6 nitrogen and oxygen atoms in total. The molecule has 1 aromatic carbocycles. The Balaban J connectivity index is 1.47. The molecule has 23 heavy (non-hydrogen) atoms. The Morgan fingerprint density at radius 2 is 2.30 bits per heavy atom. The molecular weight excluding hydrogens is 296 g/mol. The van der Waals surface area contributed by atoms with Crippen molar-refractivity contribution < 1.29 is 18.7 Å². The number of amides is 2. The number of anilines is 1. The lowest BCUT2D eigenvalue weighted by Gasteiger charge is -2.12. The van der Waals surface area contributed by atoms with E-state index in [9.17, 15) is 4.79 Å². The molecule has 0 aliphatic carbocycles. The third-order valence-corrected chi connectivity index (χ3v) is 3.58. The van der Waals surface area contributed by atoms with Crippen LogP contribution in [0.2, 0.25) is 0 Å². The summed E-state index contributed by atoms with van der Waals surface area (Å²) in [4.78, 5) is 11.9.